The van der Waals surface area contributed by atoms with Gasteiger partial charge in [-0.25, -0.2) is 0 Å². The molecule has 1 amide bonds. The lowest BCUT2D eigenvalue weighted by Crippen LogP contribution is -2.41. The first-order chi connectivity index (χ1) is 15.8. The summed E-state index contributed by atoms with van der Waals surface area (Å²) in [6, 6.07) is 7.97. The summed E-state index contributed by atoms with van der Waals surface area (Å²) < 4.78 is 79.1. The Morgan fingerprint density at radius 2 is 1.68 bits per heavy atom. The van der Waals surface area contributed by atoms with Gasteiger partial charge >= 0.3 is 12.4 Å². The molecule has 0 N–H and O–H groups in total. The first-order valence-electron chi connectivity index (χ1n) is 9.66. The number of likely N-dealkylation sites (N-methyl/N-ethyl adjacent to an activating group) is 1. The van der Waals surface area contributed by atoms with Crippen molar-refractivity contribution >= 4 is 41.2 Å². The van der Waals surface area contributed by atoms with Crippen molar-refractivity contribution in [2.45, 2.75) is 24.4 Å². The van der Waals surface area contributed by atoms with Gasteiger partial charge in [0.1, 0.15) is 5.70 Å². The monoisotopic (exact) mass is 521 g/mol. The molecule has 0 radical (unpaired) electrons. The van der Waals surface area contributed by atoms with Gasteiger partial charge in [-0.1, -0.05) is 23.7 Å². The van der Waals surface area contributed by atoms with Gasteiger partial charge in [0.25, 0.3) is 5.91 Å². The summed E-state index contributed by atoms with van der Waals surface area (Å²) in [6.07, 6.45) is -5.35. The van der Waals surface area contributed by atoms with Crippen LogP contribution in [0.1, 0.15) is 16.7 Å². The average molecular weight is 522 g/mol. The Labute approximate surface area is 200 Å². The minimum atomic E-state index is -4.98. The summed E-state index contributed by atoms with van der Waals surface area (Å²) in [4.78, 5) is 20.2. The quantitative estimate of drug-likeness (QED) is 0.424. The molecule has 12 heteroatoms. The van der Waals surface area contributed by atoms with Crippen molar-refractivity contribution in [3.63, 3.8) is 0 Å². The molecule has 1 heterocycles. The number of carbonyl (C=O) groups excluding carboxylic acids is 1. The van der Waals surface area contributed by atoms with Crippen molar-refractivity contribution in [1.29, 1.82) is 0 Å². The van der Waals surface area contributed by atoms with Gasteiger partial charge < -0.3 is 9.80 Å². The van der Waals surface area contributed by atoms with Crippen molar-refractivity contribution in [3.8, 4) is 0 Å². The van der Waals surface area contributed by atoms with Crippen LogP contribution in [-0.2, 0) is 23.7 Å². The Kier molecular flexibility index (Phi) is 7.56. The summed E-state index contributed by atoms with van der Waals surface area (Å²) in [6.45, 7) is -0.486. The SMILES string of the molecule is CSC1N=CC=C(C(=O)N(C)Cc2cc(C(F)(F)F)cc(C(F)(F)F)c2)N1c1ccccc1Cl. The molecule has 4 nitrogen and oxygen atoms in total. The maximum atomic E-state index is 13.3. The smallest absolute Gasteiger partial charge is 0.336 e. The van der Waals surface area contributed by atoms with E-state index in [0.717, 1.165) is 4.90 Å². The largest absolute Gasteiger partial charge is 0.416 e. The third kappa shape index (κ3) is 5.69. The van der Waals surface area contributed by atoms with Crippen molar-refractivity contribution in [2.24, 2.45) is 4.99 Å². The molecule has 2 aromatic rings. The van der Waals surface area contributed by atoms with E-state index in [9.17, 15) is 31.1 Å². The Balaban J connectivity index is 1.95. The molecule has 34 heavy (non-hydrogen) atoms. The van der Waals surface area contributed by atoms with Crippen LogP contribution < -0.4 is 4.90 Å². The maximum absolute atomic E-state index is 13.3. The number of para-hydroxylation sites is 1. The molecule has 182 valence electrons. The highest BCUT2D eigenvalue weighted by molar-refractivity contribution is 7.99. The zero-order valence-corrected chi connectivity index (χ0v) is 19.4. The molecule has 0 fully saturated rings. The van der Waals surface area contributed by atoms with Crippen molar-refractivity contribution in [2.75, 3.05) is 18.2 Å². The molecule has 0 aromatic heterocycles. The zero-order chi connectivity index (χ0) is 25.3. The highest BCUT2D eigenvalue weighted by Crippen LogP contribution is 2.37. The number of aliphatic imine (C=N–C) groups is 1. The van der Waals surface area contributed by atoms with Crippen LogP contribution in [-0.4, -0.2) is 35.8 Å². The lowest BCUT2D eigenvalue weighted by molar-refractivity contribution is -0.143. The van der Waals surface area contributed by atoms with Gasteiger partial charge in [-0.3, -0.25) is 9.79 Å². The topological polar surface area (TPSA) is 35.9 Å². The fourth-order valence-corrected chi connectivity index (χ4v) is 4.20. The van der Waals surface area contributed by atoms with Crippen LogP contribution in [0.3, 0.4) is 0 Å². The predicted octanol–water partition coefficient (Wildman–Crippen LogP) is 6.46. The van der Waals surface area contributed by atoms with Gasteiger partial charge in [-0.15, -0.1) is 11.8 Å². The van der Waals surface area contributed by atoms with Gasteiger partial charge in [0, 0.05) is 19.8 Å². The molecule has 1 atom stereocenters. The summed E-state index contributed by atoms with van der Waals surface area (Å²) in [5.41, 5.74) is -3.15. The number of alkyl halides is 6. The lowest BCUT2D eigenvalue weighted by atomic mass is 10.0. The average Bonchev–Trinajstić information content (AvgIpc) is 2.77. The lowest BCUT2D eigenvalue weighted by Gasteiger charge is -2.35. The molecule has 0 saturated carbocycles. The second kappa shape index (κ2) is 9.91. The summed E-state index contributed by atoms with van der Waals surface area (Å²) in [7, 11) is 1.29. The van der Waals surface area contributed by atoms with Gasteiger partial charge in [-0.2, -0.15) is 26.3 Å². The van der Waals surface area contributed by atoms with Crippen LogP contribution in [0, 0.1) is 0 Å². The van der Waals surface area contributed by atoms with E-state index in [4.69, 9.17) is 11.6 Å². The van der Waals surface area contributed by atoms with E-state index in [0.29, 0.717) is 22.8 Å². The van der Waals surface area contributed by atoms with Gasteiger partial charge in [0.05, 0.1) is 21.8 Å². The Hall–Kier alpha value is -2.66. The van der Waals surface area contributed by atoms with Crippen LogP contribution in [0.5, 0.6) is 0 Å². The number of rotatable bonds is 5. The molecule has 0 saturated heterocycles. The number of benzene rings is 2. The number of thioether (sulfide) groups is 1. The second-order valence-electron chi connectivity index (χ2n) is 7.31. The molecular weight excluding hydrogens is 504 g/mol. The normalized spacial score (nSPS) is 16.4. The molecule has 1 aliphatic rings. The highest BCUT2D eigenvalue weighted by atomic mass is 35.5. The third-order valence-corrected chi connectivity index (χ3v) is 5.96. The summed E-state index contributed by atoms with van der Waals surface area (Å²) in [5, 5.41) is 0.340. The first kappa shape index (κ1) is 26.0. The van der Waals surface area contributed by atoms with Crippen LogP contribution in [0.25, 0.3) is 0 Å². The second-order valence-corrected chi connectivity index (χ2v) is 8.61. The number of nitrogens with zero attached hydrogens (tertiary/aromatic N) is 3. The van der Waals surface area contributed by atoms with Gasteiger partial charge in [-0.05, 0) is 48.2 Å². The van der Waals surface area contributed by atoms with E-state index in [-0.39, 0.29) is 17.3 Å². The number of halogens is 7. The summed E-state index contributed by atoms with van der Waals surface area (Å²) in [5.74, 6) is -0.629. The van der Waals surface area contributed by atoms with E-state index >= 15 is 0 Å². The number of hydrogen-bond donors (Lipinski definition) is 0. The molecule has 2 aromatic carbocycles. The Morgan fingerprint density at radius 3 is 2.21 bits per heavy atom. The first-order valence-corrected chi connectivity index (χ1v) is 11.3. The van der Waals surface area contributed by atoms with Crippen molar-refractivity contribution < 1.29 is 31.1 Å². The standard InChI is InChI=1S/C22H18ClF6N3OS/c1-31(12-13-9-14(21(24,25)26)11-15(10-13)22(27,28)29)19(33)18-7-8-30-20(34-2)32(18)17-6-4-3-5-16(17)23/h3-11,20H,12H2,1-2H3. The van der Waals surface area contributed by atoms with Crippen LogP contribution >= 0.6 is 23.4 Å². The fourth-order valence-electron chi connectivity index (χ4n) is 3.34. The zero-order valence-electron chi connectivity index (χ0n) is 17.8. The van der Waals surface area contributed by atoms with E-state index in [1.165, 1.54) is 31.1 Å². The molecule has 0 spiro atoms. The Bertz CT molecular complexity index is 1100. The van der Waals surface area contributed by atoms with E-state index in [1.807, 2.05) is 0 Å². The van der Waals surface area contributed by atoms with E-state index in [1.54, 1.807) is 35.4 Å². The van der Waals surface area contributed by atoms with Gasteiger partial charge in [0.2, 0.25) is 0 Å². The van der Waals surface area contributed by atoms with Crippen molar-refractivity contribution in [3.05, 3.63) is 76.0 Å². The molecule has 0 bridgehead atoms. The van der Waals surface area contributed by atoms with Crippen LogP contribution in [0.15, 0.2) is 59.2 Å². The van der Waals surface area contributed by atoms with Crippen LogP contribution in [0.2, 0.25) is 5.02 Å². The third-order valence-electron chi connectivity index (χ3n) is 4.88. The van der Waals surface area contributed by atoms with E-state index < -0.39 is 41.4 Å². The fraction of sp³-hybridized carbons (Fsp3) is 0.273. The maximum Gasteiger partial charge on any atom is 0.416 e. The number of anilines is 1. The number of carbonyl (C=O) groups is 1. The van der Waals surface area contributed by atoms with Crippen LogP contribution in [0.4, 0.5) is 32.0 Å². The molecule has 3 rings (SSSR count). The number of hydrogen-bond acceptors (Lipinski definition) is 4. The minimum Gasteiger partial charge on any atom is -0.336 e. The number of allylic oxidation sites excluding steroid dienone is 1. The minimum absolute atomic E-state index is 0.0493. The molecule has 0 aliphatic carbocycles. The predicted molar refractivity (Wildman–Crippen MR) is 121 cm³/mol. The van der Waals surface area contributed by atoms with E-state index in [2.05, 4.69) is 4.99 Å². The van der Waals surface area contributed by atoms with Crippen molar-refractivity contribution in [1.82, 2.24) is 4.90 Å². The molecule has 1 aliphatic heterocycles. The molecular formula is C22H18ClF6N3OS. The van der Waals surface area contributed by atoms with Gasteiger partial charge in [0.15, 0.2) is 5.50 Å². The summed E-state index contributed by atoms with van der Waals surface area (Å²) >= 11 is 7.62. The highest BCUT2D eigenvalue weighted by Gasteiger charge is 2.37. The number of amides is 1. The molecule has 1 unspecified atom stereocenters. The Morgan fingerprint density at radius 1 is 1.09 bits per heavy atom.